The molecule has 3 heteroatoms. The zero-order chi connectivity index (χ0) is 20.4. The Morgan fingerprint density at radius 3 is 1.96 bits per heavy atom. The molecule has 26 heavy (non-hydrogen) atoms. The van der Waals surface area contributed by atoms with Gasteiger partial charge in [0.25, 0.3) is 0 Å². The van der Waals surface area contributed by atoms with Gasteiger partial charge in [0.15, 0.2) is 0 Å². The first kappa shape index (κ1) is 22.3. The van der Waals surface area contributed by atoms with Gasteiger partial charge in [0.2, 0.25) is 0 Å². The minimum atomic E-state index is -0.963. The van der Waals surface area contributed by atoms with Crippen molar-refractivity contribution < 1.29 is 15.0 Å². The molecule has 0 radical (unpaired) electrons. The summed E-state index contributed by atoms with van der Waals surface area (Å²) >= 11 is 0. The molecular formula is C23H36O3. The largest absolute Gasteiger partial charge is 0.507 e. The van der Waals surface area contributed by atoms with Gasteiger partial charge in [-0.1, -0.05) is 62.3 Å². The quantitative estimate of drug-likeness (QED) is 0.593. The van der Waals surface area contributed by atoms with Crippen LogP contribution in [0.15, 0.2) is 12.1 Å². The number of benzene rings is 1. The summed E-state index contributed by atoms with van der Waals surface area (Å²) in [5.41, 5.74) is 3.29. The van der Waals surface area contributed by atoms with E-state index in [1.54, 1.807) is 6.08 Å². The maximum absolute atomic E-state index is 11.3. The SMILES string of the molecule is CCc1c(C=CC(=O)O)cc(C(C)(C)C(C)C)c(O)c1C(C)(C)C(C)C. The third-order valence-electron chi connectivity index (χ3n) is 6.43. The van der Waals surface area contributed by atoms with Gasteiger partial charge in [-0.3, -0.25) is 0 Å². The third kappa shape index (κ3) is 4.13. The zero-order valence-electron chi connectivity index (χ0n) is 17.9. The van der Waals surface area contributed by atoms with Gasteiger partial charge in [0.1, 0.15) is 5.75 Å². The molecule has 0 aromatic heterocycles. The number of hydrogen-bond donors (Lipinski definition) is 2. The monoisotopic (exact) mass is 360 g/mol. The highest BCUT2D eigenvalue weighted by Gasteiger charge is 2.36. The van der Waals surface area contributed by atoms with Crippen LogP contribution in [0.4, 0.5) is 0 Å². The van der Waals surface area contributed by atoms with Gasteiger partial charge in [-0.05, 0) is 52.4 Å². The Morgan fingerprint density at radius 1 is 1.08 bits per heavy atom. The summed E-state index contributed by atoms with van der Waals surface area (Å²) in [5, 5.41) is 20.4. The summed E-state index contributed by atoms with van der Waals surface area (Å²) in [5.74, 6) is 0.0563. The molecule has 2 N–H and O–H groups in total. The maximum atomic E-state index is 11.3. The van der Waals surface area contributed by atoms with Crippen molar-refractivity contribution in [2.45, 2.75) is 79.6 Å². The van der Waals surface area contributed by atoms with Gasteiger partial charge in [0.05, 0.1) is 0 Å². The number of aromatic hydroxyl groups is 1. The lowest BCUT2D eigenvalue weighted by Gasteiger charge is -2.38. The summed E-state index contributed by atoms with van der Waals surface area (Å²) in [7, 11) is 0. The fourth-order valence-electron chi connectivity index (χ4n) is 3.21. The average molecular weight is 361 g/mol. The molecule has 1 rings (SSSR count). The van der Waals surface area contributed by atoms with E-state index in [0.717, 1.165) is 28.7 Å². The molecular weight excluding hydrogens is 324 g/mol. The smallest absolute Gasteiger partial charge is 0.328 e. The van der Waals surface area contributed by atoms with E-state index < -0.39 is 5.97 Å². The number of phenols is 1. The molecule has 1 aromatic rings. The van der Waals surface area contributed by atoms with Crippen molar-refractivity contribution in [1.29, 1.82) is 0 Å². The molecule has 0 amide bonds. The summed E-state index contributed by atoms with van der Waals surface area (Å²) in [4.78, 5) is 11.1. The number of carboxylic acids is 1. The van der Waals surface area contributed by atoms with Crippen molar-refractivity contribution in [3.63, 3.8) is 0 Å². The first-order valence-corrected chi connectivity index (χ1v) is 9.59. The second kappa shape index (κ2) is 7.85. The zero-order valence-corrected chi connectivity index (χ0v) is 17.9. The van der Waals surface area contributed by atoms with E-state index in [1.165, 1.54) is 6.08 Å². The average Bonchev–Trinajstić information content (AvgIpc) is 2.51. The van der Waals surface area contributed by atoms with Crippen LogP contribution in [-0.4, -0.2) is 16.2 Å². The van der Waals surface area contributed by atoms with Gasteiger partial charge in [-0.2, -0.15) is 0 Å². The molecule has 3 nitrogen and oxygen atoms in total. The standard InChI is InChI=1S/C23H36O3/c1-10-17-16(11-12-19(24)25)13-18(22(6,7)14(2)3)21(26)20(17)23(8,9)15(4)5/h11-15,26H,10H2,1-9H3,(H,24,25). The highest BCUT2D eigenvalue weighted by atomic mass is 16.4. The summed E-state index contributed by atoms with van der Waals surface area (Å²) < 4.78 is 0. The van der Waals surface area contributed by atoms with E-state index >= 15 is 0 Å². The van der Waals surface area contributed by atoms with Crippen molar-refractivity contribution in [1.82, 2.24) is 0 Å². The summed E-state index contributed by atoms with van der Waals surface area (Å²) in [6.45, 7) is 19.2. The van der Waals surface area contributed by atoms with Crippen molar-refractivity contribution >= 4 is 12.0 Å². The van der Waals surface area contributed by atoms with Crippen LogP contribution in [0.3, 0.4) is 0 Å². The molecule has 0 fully saturated rings. The Kier molecular flexibility index (Phi) is 6.73. The van der Waals surface area contributed by atoms with Crippen LogP contribution >= 0.6 is 0 Å². The Labute approximate surface area is 159 Å². The van der Waals surface area contributed by atoms with Crippen molar-refractivity contribution in [2.75, 3.05) is 0 Å². The third-order valence-corrected chi connectivity index (χ3v) is 6.43. The molecule has 0 aliphatic rings. The van der Waals surface area contributed by atoms with Crippen LogP contribution in [0.5, 0.6) is 5.75 Å². The normalized spacial score (nSPS) is 13.2. The fourth-order valence-corrected chi connectivity index (χ4v) is 3.21. The molecule has 0 saturated carbocycles. The Morgan fingerprint density at radius 2 is 1.58 bits per heavy atom. The maximum Gasteiger partial charge on any atom is 0.328 e. The molecule has 146 valence electrons. The van der Waals surface area contributed by atoms with Gasteiger partial charge < -0.3 is 10.2 Å². The van der Waals surface area contributed by atoms with E-state index in [2.05, 4.69) is 62.3 Å². The van der Waals surface area contributed by atoms with Gasteiger partial charge in [-0.15, -0.1) is 0 Å². The minimum absolute atomic E-state index is 0.232. The van der Waals surface area contributed by atoms with Gasteiger partial charge in [0, 0.05) is 17.2 Å². The molecule has 0 atom stereocenters. The number of carbonyl (C=O) groups is 1. The van der Waals surface area contributed by atoms with Crippen molar-refractivity contribution in [2.24, 2.45) is 11.8 Å². The summed E-state index contributed by atoms with van der Waals surface area (Å²) in [6, 6.07) is 1.98. The predicted molar refractivity (Wildman–Crippen MR) is 110 cm³/mol. The molecule has 0 aliphatic carbocycles. The van der Waals surface area contributed by atoms with Crippen LogP contribution in [-0.2, 0) is 22.0 Å². The van der Waals surface area contributed by atoms with Crippen molar-refractivity contribution in [3.05, 3.63) is 34.4 Å². The highest BCUT2D eigenvalue weighted by Crippen LogP contribution is 2.47. The first-order valence-electron chi connectivity index (χ1n) is 9.59. The topological polar surface area (TPSA) is 57.5 Å². The van der Waals surface area contributed by atoms with Crippen LogP contribution < -0.4 is 0 Å². The molecule has 0 heterocycles. The molecule has 0 bridgehead atoms. The van der Waals surface area contributed by atoms with E-state index in [9.17, 15) is 9.90 Å². The lowest BCUT2D eigenvalue weighted by Crippen LogP contribution is -2.30. The number of rotatable bonds is 7. The van der Waals surface area contributed by atoms with Crippen LogP contribution in [0, 0.1) is 11.8 Å². The van der Waals surface area contributed by atoms with Crippen LogP contribution in [0.25, 0.3) is 6.08 Å². The molecule has 0 unspecified atom stereocenters. The Balaban J connectivity index is 3.98. The van der Waals surface area contributed by atoms with Crippen LogP contribution in [0.1, 0.15) is 84.6 Å². The second-order valence-electron chi connectivity index (χ2n) is 8.99. The molecule has 0 aliphatic heterocycles. The molecule has 0 saturated heterocycles. The van der Waals surface area contributed by atoms with E-state index in [4.69, 9.17) is 5.11 Å². The highest BCUT2D eigenvalue weighted by molar-refractivity contribution is 5.86. The molecule has 1 aromatic carbocycles. The first-order chi connectivity index (χ1) is 11.8. The molecule has 0 spiro atoms. The lowest BCUT2D eigenvalue weighted by atomic mass is 9.67. The summed E-state index contributed by atoms with van der Waals surface area (Å²) in [6.07, 6.45) is 3.59. The van der Waals surface area contributed by atoms with E-state index in [-0.39, 0.29) is 10.8 Å². The van der Waals surface area contributed by atoms with E-state index in [0.29, 0.717) is 17.6 Å². The van der Waals surface area contributed by atoms with Gasteiger partial charge >= 0.3 is 5.97 Å². The number of aliphatic carboxylic acids is 1. The lowest BCUT2D eigenvalue weighted by molar-refractivity contribution is -0.131. The van der Waals surface area contributed by atoms with Gasteiger partial charge in [-0.25, -0.2) is 4.79 Å². The fraction of sp³-hybridized carbons (Fsp3) is 0.609. The predicted octanol–water partition coefficient (Wildman–Crippen LogP) is 5.92. The number of hydrogen-bond acceptors (Lipinski definition) is 2. The number of carboxylic acid groups (broad SMARTS) is 1. The Bertz CT molecular complexity index is 692. The van der Waals surface area contributed by atoms with Crippen molar-refractivity contribution in [3.8, 4) is 5.75 Å². The van der Waals surface area contributed by atoms with E-state index in [1.807, 2.05) is 6.07 Å². The van der Waals surface area contributed by atoms with Crippen LogP contribution in [0.2, 0.25) is 0 Å². The second-order valence-corrected chi connectivity index (χ2v) is 8.99. The Hall–Kier alpha value is -1.77. The number of phenolic OH excluding ortho intramolecular Hbond substituents is 1. The minimum Gasteiger partial charge on any atom is -0.507 e.